The van der Waals surface area contributed by atoms with Crippen molar-refractivity contribution in [2.45, 2.75) is 32.1 Å². The Kier molecular flexibility index (Phi) is 5.68. The quantitative estimate of drug-likeness (QED) is 0.862. The molecule has 1 aromatic carbocycles. The molecule has 0 atom stereocenters. The standard InChI is InChI=1S/C19H20N2O4S/c1-25-19(24)21-17(23)16-13-9-5-6-10-14(13)26-18(16)20-15(22)11-12-7-3-2-4-8-12/h2-4,7-8H,5-6,9-11H2,1H3,(H,20,22)(H,21,23,24). The van der Waals surface area contributed by atoms with E-state index in [-0.39, 0.29) is 12.3 Å². The lowest BCUT2D eigenvalue weighted by Gasteiger charge is -2.12. The third-order valence-electron chi connectivity index (χ3n) is 4.26. The van der Waals surface area contributed by atoms with E-state index in [9.17, 15) is 14.4 Å². The zero-order valence-electron chi connectivity index (χ0n) is 14.5. The van der Waals surface area contributed by atoms with Crippen molar-refractivity contribution in [3.05, 3.63) is 51.9 Å². The third-order valence-corrected chi connectivity index (χ3v) is 5.47. The van der Waals surface area contributed by atoms with Crippen molar-refractivity contribution < 1.29 is 19.1 Å². The number of hydrogen-bond acceptors (Lipinski definition) is 5. The number of methoxy groups -OCH3 is 1. The van der Waals surface area contributed by atoms with Gasteiger partial charge in [0.05, 0.1) is 19.1 Å². The van der Waals surface area contributed by atoms with Crippen LogP contribution in [0, 0.1) is 0 Å². The van der Waals surface area contributed by atoms with E-state index >= 15 is 0 Å². The first kappa shape index (κ1) is 18.1. The molecule has 3 rings (SSSR count). The molecule has 1 aliphatic carbocycles. The molecule has 1 aliphatic rings. The van der Waals surface area contributed by atoms with Crippen molar-refractivity contribution in [2.75, 3.05) is 12.4 Å². The second kappa shape index (κ2) is 8.14. The number of ether oxygens (including phenoxy) is 1. The molecule has 0 aliphatic heterocycles. The molecular formula is C19H20N2O4S. The maximum absolute atomic E-state index is 12.6. The Hall–Kier alpha value is -2.67. The summed E-state index contributed by atoms with van der Waals surface area (Å²) in [7, 11) is 1.20. The molecule has 0 spiro atoms. The topological polar surface area (TPSA) is 84.5 Å². The largest absolute Gasteiger partial charge is 0.453 e. The predicted octanol–water partition coefficient (Wildman–Crippen LogP) is 3.30. The predicted molar refractivity (Wildman–Crippen MR) is 99.6 cm³/mol. The van der Waals surface area contributed by atoms with Crippen LogP contribution in [-0.2, 0) is 28.8 Å². The molecular weight excluding hydrogens is 352 g/mol. The summed E-state index contributed by atoms with van der Waals surface area (Å²) in [4.78, 5) is 37.5. The van der Waals surface area contributed by atoms with E-state index in [0.29, 0.717) is 10.6 Å². The van der Waals surface area contributed by atoms with Gasteiger partial charge < -0.3 is 10.1 Å². The highest BCUT2D eigenvalue weighted by Crippen LogP contribution is 2.38. The number of alkyl carbamates (subject to hydrolysis) is 1. The fraction of sp³-hybridized carbons (Fsp3) is 0.316. The fourth-order valence-electron chi connectivity index (χ4n) is 3.05. The summed E-state index contributed by atoms with van der Waals surface area (Å²) in [6.45, 7) is 0. The molecule has 1 aromatic heterocycles. The molecule has 136 valence electrons. The van der Waals surface area contributed by atoms with Crippen LogP contribution in [0.5, 0.6) is 0 Å². The van der Waals surface area contributed by atoms with E-state index in [2.05, 4.69) is 15.4 Å². The van der Waals surface area contributed by atoms with Gasteiger partial charge in [-0.3, -0.25) is 14.9 Å². The Labute approximate surface area is 155 Å². The lowest BCUT2D eigenvalue weighted by atomic mass is 9.95. The minimum absolute atomic E-state index is 0.193. The summed E-state index contributed by atoms with van der Waals surface area (Å²) < 4.78 is 4.51. The van der Waals surface area contributed by atoms with Gasteiger partial charge in [0.15, 0.2) is 0 Å². The van der Waals surface area contributed by atoms with E-state index in [0.717, 1.165) is 41.7 Å². The molecule has 1 heterocycles. The maximum atomic E-state index is 12.6. The number of hydrogen-bond donors (Lipinski definition) is 2. The lowest BCUT2D eigenvalue weighted by molar-refractivity contribution is -0.115. The SMILES string of the molecule is COC(=O)NC(=O)c1c(NC(=O)Cc2ccccc2)sc2c1CCCC2. The maximum Gasteiger partial charge on any atom is 0.413 e. The molecule has 0 radical (unpaired) electrons. The van der Waals surface area contributed by atoms with Gasteiger partial charge in [-0.1, -0.05) is 30.3 Å². The molecule has 0 fully saturated rings. The monoisotopic (exact) mass is 372 g/mol. The first-order chi connectivity index (χ1) is 12.6. The van der Waals surface area contributed by atoms with Gasteiger partial charge in [-0.15, -0.1) is 11.3 Å². The van der Waals surface area contributed by atoms with Gasteiger partial charge in [-0.05, 0) is 36.8 Å². The molecule has 6 nitrogen and oxygen atoms in total. The molecule has 7 heteroatoms. The summed E-state index contributed by atoms with van der Waals surface area (Å²) in [5, 5.41) is 5.56. The van der Waals surface area contributed by atoms with Gasteiger partial charge in [0, 0.05) is 4.88 Å². The van der Waals surface area contributed by atoms with E-state index < -0.39 is 12.0 Å². The zero-order valence-corrected chi connectivity index (χ0v) is 15.3. The van der Waals surface area contributed by atoms with E-state index in [1.807, 2.05) is 30.3 Å². The van der Waals surface area contributed by atoms with Gasteiger partial charge in [0.1, 0.15) is 5.00 Å². The molecule has 0 saturated carbocycles. The minimum atomic E-state index is -0.813. The van der Waals surface area contributed by atoms with Crippen LogP contribution in [-0.4, -0.2) is 25.0 Å². The number of aryl methyl sites for hydroxylation is 1. The van der Waals surface area contributed by atoms with Gasteiger partial charge >= 0.3 is 6.09 Å². The highest BCUT2D eigenvalue weighted by atomic mass is 32.1. The molecule has 26 heavy (non-hydrogen) atoms. The number of nitrogens with one attached hydrogen (secondary N) is 2. The van der Waals surface area contributed by atoms with Crippen LogP contribution in [0.15, 0.2) is 30.3 Å². The van der Waals surface area contributed by atoms with Crippen molar-refractivity contribution in [3.63, 3.8) is 0 Å². The van der Waals surface area contributed by atoms with Crippen molar-refractivity contribution >= 4 is 34.2 Å². The first-order valence-corrected chi connectivity index (χ1v) is 9.27. The summed E-state index contributed by atoms with van der Waals surface area (Å²) >= 11 is 1.42. The van der Waals surface area contributed by atoms with Crippen LogP contribution in [0.25, 0.3) is 0 Å². The van der Waals surface area contributed by atoms with Gasteiger partial charge in [0.2, 0.25) is 5.91 Å². The van der Waals surface area contributed by atoms with E-state index in [4.69, 9.17) is 0 Å². The van der Waals surface area contributed by atoms with E-state index in [1.165, 1.54) is 18.4 Å². The normalized spacial score (nSPS) is 12.8. The van der Waals surface area contributed by atoms with Gasteiger partial charge in [-0.2, -0.15) is 0 Å². The smallest absolute Gasteiger partial charge is 0.413 e. The number of imide groups is 1. The Balaban J connectivity index is 1.83. The molecule has 3 amide bonds. The van der Waals surface area contributed by atoms with Gasteiger partial charge in [-0.25, -0.2) is 4.79 Å². The summed E-state index contributed by atoms with van der Waals surface area (Å²) in [6, 6.07) is 9.40. The summed E-state index contributed by atoms with van der Waals surface area (Å²) in [5.74, 6) is -0.729. The van der Waals surface area contributed by atoms with Crippen LogP contribution in [0.2, 0.25) is 0 Å². The number of carbonyl (C=O) groups excluding carboxylic acids is 3. The van der Waals surface area contributed by atoms with Crippen LogP contribution in [0.1, 0.15) is 39.2 Å². The van der Waals surface area contributed by atoms with Crippen LogP contribution >= 0.6 is 11.3 Å². The average Bonchev–Trinajstić information content (AvgIpc) is 3.00. The molecule has 2 N–H and O–H groups in total. The third kappa shape index (κ3) is 4.11. The number of anilines is 1. The lowest BCUT2D eigenvalue weighted by Crippen LogP contribution is -2.31. The second-order valence-corrected chi connectivity index (χ2v) is 7.18. The molecule has 0 unspecified atom stereocenters. The van der Waals surface area contributed by atoms with Crippen LogP contribution in [0.4, 0.5) is 9.80 Å². The highest BCUT2D eigenvalue weighted by Gasteiger charge is 2.27. The Morgan fingerprint density at radius 3 is 2.58 bits per heavy atom. The van der Waals surface area contributed by atoms with Crippen molar-refractivity contribution in [1.82, 2.24) is 5.32 Å². The Morgan fingerprint density at radius 1 is 1.12 bits per heavy atom. The van der Waals surface area contributed by atoms with Crippen molar-refractivity contribution in [1.29, 1.82) is 0 Å². The highest BCUT2D eigenvalue weighted by molar-refractivity contribution is 7.17. The number of carbonyl (C=O) groups is 3. The van der Waals surface area contributed by atoms with Crippen molar-refractivity contribution in [3.8, 4) is 0 Å². The number of fused-ring (bicyclic) bond motifs is 1. The molecule has 2 aromatic rings. The van der Waals surface area contributed by atoms with Crippen molar-refractivity contribution in [2.24, 2.45) is 0 Å². The Morgan fingerprint density at radius 2 is 1.85 bits per heavy atom. The number of amides is 3. The first-order valence-electron chi connectivity index (χ1n) is 8.46. The van der Waals surface area contributed by atoms with E-state index in [1.54, 1.807) is 0 Å². The minimum Gasteiger partial charge on any atom is -0.453 e. The Bertz CT molecular complexity index is 830. The second-order valence-electron chi connectivity index (χ2n) is 6.07. The number of benzene rings is 1. The van der Waals surface area contributed by atoms with Gasteiger partial charge in [0.25, 0.3) is 5.91 Å². The van der Waals surface area contributed by atoms with Crippen LogP contribution in [0.3, 0.4) is 0 Å². The zero-order chi connectivity index (χ0) is 18.5. The summed E-state index contributed by atoms with van der Waals surface area (Å²) in [6.07, 6.45) is 3.11. The number of rotatable bonds is 4. The number of thiophene rings is 1. The summed E-state index contributed by atoms with van der Waals surface area (Å²) in [5.41, 5.74) is 2.21. The fourth-order valence-corrected chi connectivity index (χ4v) is 4.36. The average molecular weight is 372 g/mol. The molecule has 0 saturated heterocycles. The molecule has 0 bridgehead atoms. The van der Waals surface area contributed by atoms with Crippen LogP contribution < -0.4 is 10.6 Å².